The number of morpholine rings is 1. The molecule has 3 unspecified atom stereocenters. The van der Waals surface area contributed by atoms with Gasteiger partial charge >= 0.3 is 6.03 Å². The van der Waals surface area contributed by atoms with Crippen molar-refractivity contribution in [2.24, 2.45) is 0 Å². The highest BCUT2D eigenvalue weighted by Gasteiger charge is 2.30. The first kappa shape index (κ1) is 24.8. The van der Waals surface area contributed by atoms with Gasteiger partial charge in [-0.15, -0.1) is 0 Å². The third-order valence-corrected chi connectivity index (χ3v) is 8.49. The number of amides is 2. The molecule has 3 atom stereocenters. The Morgan fingerprint density at radius 2 is 1.81 bits per heavy atom. The maximum atomic E-state index is 12.8. The topological polar surface area (TPSA) is 91.0 Å². The van der Waals surface area contributed by atoms with Gasteiger partial charge in [-0.3, -0.25) is 0 Å². The van der Waals surface area contributed by atoms with Crippen LogP contribution in [0.5, 0.6) is 0 Å². The summed E-state index contributed by atoms with van der Waals surface area (Å²) in [5, 5.41) is 2.57. The number of ether oxygens (including phenoxy) is 1. The van der Waals surface area contributed by atoms with E-state index in [1.807, 2.05) is 13.0 Å². The summed E-state index contributed by atoms with van der Waals surface area (Å²) in [6.07, 6.45) is 1.56. The van der Waals surface area contributed by atoms with Gasteiger partial charge in [0.2, 0.25) is 10.0 Å². The van der Waals surface area contributed by atoms with Gasteiger partial charge in [0.15, 0.2) is 0 Å². The van der Waals surface area contributed by atoms with E-state index in [-0.39, 0.29) is 30.3 Å². The van der Waals surface area contributed by atoms with Crippen LogP contribution in [0, 0.1) is 6.92 Å². The molecule has 2 N–H and O–H groups in total. The lowest BCUT2D eigenvalue weighted by Gasteiger charge is -2.42. The van der Waals surface area contributed by atoms with Gasteiger partial charge in [-0.2, -0.15) is 0 Å². The van der Waals surface area contributed by atoms with Gasteiger partial charge in [0.05, 0.1) is 23.5 Å². The molecule has 0 spiro atoms. The number of nitrogens with one attached hydrogen (secondary N) is 2. The lowest BCUT2D eigenvalue weighted by Crippen LogP contribution is -2.52. The van der Waals surface area contributed by atoms with Crippen LogP contribution in [0.2, 0.25) is 0 Å². The molecule has 2 aliphatic heterocycles. The molecule has 2 heterocycles. The normalized spacial score (nSPS) is 25.3. The minimum atomic E-state index is -3.30. The molecule has 2 fully saturated rings. The first-order valence-corrected chi connectivity index (χ1v) is 13.1. The summed E-state index contributed by atoms with van der Waals surface area (Å²) in [5.41, 5.74) is 2.94. The second-order valence-corrected chi connectivity index (χ2v) is 11.7. The number of hydrogen-bond acceptors (Lipinski definition) is 5. The molecule has 8 nitrogen and oxygen atoms in total. The summed E-state index contributed by atoms with van der Waals surface area (Å²) in [4.78, 5) is 16.9. The second kappa shape index (κ2) is 9.97. The van der Waals surface area contributed by atoms with Crippen molar-refractivity contribution in [2.45, 2.75) is 83.9 Å². The Morgan fingerprint density at radius 1 is 1.16 bits per heavy atom. The zero-order valence-electron chi connectivity index (χ0n) is 20.1. The third-order valence-electron chi connectivity index (χ3n) is 6.59. The van der Waals surface area contributed by atoms with E-state index in [2.05, 4.69) is 47.8 Å². The monoisotopic (exact) mass is 466 g/mol. The summed E-state index contributed by atoms with van der Waals surface area (Å²) in [7, 11) is -3.30. The number of likely N-dealkylation sites (tertiary alicyclic amines) is 1. The van der Waals surface area contributed by atoms with E-state index in [1.165, 1.54) is 0 Å². The van der Waals surface area contributed by atoms with E-state index < -0.39 is 15.3 Å². The zero-order valence-corrected chi connectivity index (χ0v) is 20.9. The average Bonchev–Trinajstić information content (AvgIpc) is 2.72. The Balaban J connectivity index is 1.58. The number of piperidine rings is 1. The molecule has 0 radical (unpaired) electrons. The fourth-order valence-electron chi connectivity index (χ4n) is 4.29. The molecule has 2 saturated heterocycles. The highest BCUT2D eigenvalue weighted by atomic mass is 32.2. The van der Waals surface area contributed by atoms with Crippen molar-refractivity contribution in [1.82, 2.24) is 9.62 Å². The van der Waals surface area contributed by atoms with Crippen LogP contribution in [-0.4, -0.2) is 68.5 Å². The molecule has 32 heavy (non-hydrogen) atoms. The fourth-order valence-corrected chi connectivity index (χ4v) is 5.26. The van der Waals surface area contributed by atoms with Crippen molar-refractivity contribution < 1.29 is 17.9 Å². The predicted octanol–water partition coefficient (Wildman–Crippen LogP) is 3.32. The maximum absolute atomic E-state index is 12.8. The molecular formula is C23H38N4O4S. The van der Waals surface area contributed by atoms with Crippen molar-refractivity contribution in [1.29, 1.82) is 0 Å². The molecular weight excluding hydrogens is 428 g/mol. The van der Waals surface area contributed by atoms with Gasteiger partial charge in [-0.25, -0.2) is 17.9 Å². The number of benzene rings is 1. The minimum Gasteiger partial charge on any atom is -0.372 e. The second-order valence-electron chi connectivity index (χ2n) is 9.45. The summed E-state index contributed by atoms with van der Waals surface area (Å²) >= 11 is 0. The number of urea groups is 1. The van der Waals surface area contributed by atoms with Gasteiger partial charge in [0.1, 0.15) is 0 Å². The fraction of sp³-hybridized carbons (Fsp3) is 0.696. The summed E-state index contributed by atoms with van der Waals surface area (Å²) in [6, 6.07) is 6.14. The van der Waals surface area contributed by atoms with Crippen LogP contribution < -0.4 is 14.9 Å². The van der Waals surface area contributed by atoms with Crippen LogP contribution in [0.25, 0.3) is 0 Å². The average molecular weight is 467 g/mol. The van der Waals surface area contributed by atoms with Crippen LogP contribution >= 0.6 is 0 Å². The number of carbonyl (C=O) groups excluding carboxylic acids is 1. The predicted molar refractivity (Wildman–Crippen MR) is 129 cm³/mol. The quantitative estimate of drug-likeness (QED) is 0.695. The Morgan fingerprint density at radius 3 is 2.41 bits per heavy atom. The maximum Gasteiger partial charge on any atom is 0.321 e. The molecule has 2 aliphatic rings. The van der Waals surface area contributed by atoms with Crippen LogP contribution in [0.1, 0.15) is 53.0 Å². The lowest BCUT2D eigenvalue weighted by molar-refractivity contribution is -0.0257. The summed E-state index contributed by atoms with van der Waals surface area (Å²) in [6.45, 7) is 13.6. The molecule has 0 saturated carbocycles. The Bertz CT molecular complexity index is 913. The highest BCUT2D eigenvalue weighted by molar-refractivity contribution is 7.90. The standard InChI is InChI=1S/C23H38N4O4S/c1-15(2)32(29,30)25-20-9-11-26(12-10-20)23(28)24-22-8-7-21(13-16(22)3)27-14-17(4)31-19(6)18(27)5/h7-8,13,15,17-20,25H,9-12,14H2,1-6H3,(H,24,28). The van der Waals surface area contributed by atoms with E-state index in [4.69, 9.17) is 4.74 Å². The molecule has 1 aromatic rings. The number of anilines is 2. The number of aryl methyl sites for hydroxylation is 1. The van der Waals surface area contributed by atoms with Crippen LogP contribution in [0.4, 0.5) is 16.2 Å². The van der Waals surface area contributed by atoms with Crippen LogP contribution in [0.15, 0.2) is 18.2 Å². The molecule has 1 aromatic carbocycles. The molecule has 0 bridgehead atoms. The van der Waals surface area contributed by atoms with Gasteiger partial charge in [0, 0.05) is 37.1 Å². The molecule has 0 aliphatic carbocycles. The third kappa shape index (κ3) is 5.74. The molecule has 180 valence electrons. The van der Waals surface area contributed by atoms with Crippen LogP contribution in [-0.2, 0) is 14.8 Å². The Labute approximate surface area is 192 Å². The van der Waals surface area contributed by atoms with Gasteiger partial charge < -0.3 is 19.9 Å². The number of rotatable bonds is 5. The molecule has 3 rings (SSSR count). The van der Waals surface area contributed by atoms with Crippen molar-refractivity contribution in [3.63, 3.8) is 0 Å². The molecule has 2 amide bonds. The first-order chi connectivity index (χ1) is 15.0. The largest absolute Gasteiger partial charge is 0.372 e. The van der Waals surface area contributed by atoms with E-state index in [0.29, 0.717) is 25.9 Å². The van der Waals surface area contributed by atoms with Crippen molar-refractivity contribution >= 4 is 27.4 Å². The minimum absolute atomic E-state index is 0.118. The first-order valence-electron chi connectivity index (χ1n) is 11.6. The summed E-state index contributed by atoms with van der Waals surface area (Å²) < 4.78 is 32.8. The Hall–Kier alpha value is -1.84. The van der Waals surface area contributed by atoms with Crippen molar-refractivity contribution in [3.05, 3.63) is 23.8 Å². The van der Waals surface area contributed by atoms with E-state index in [1.54, 1.807) is 18.7 Å². The number of nitrogens with zero attached hydrogens (tertiary/aromatic N) is 2. The molecule has 9 heteroatoms. The van der Waals surface area contributed by atoms with Gasteiger partial charge in [-0.05, 0) is 78.1 Å². The summed E-state index contributed by atoms with van der Waals surface area (Å²) in [5.74, 6) is 0. The lowest BCUT2D eigenvalue weighted by atomic mass is 10.1. The van der Waals surface area contributed by atoms with E-state index >= 15 is 0 Å². The van der Waals surface area contributed by atoms with Gasteiger partial charge in [-0.1, -0.05) is 0 Å². The zero-order chi connectivity index (χ0) is 23.6. The Kier molecular flexibility index (Phi) is 7.73. The van der Waals surface area contributed by atoms with E-state index in [0.717, 1.165) is 23.5 Å². The van der Waals surface area contributed by atoms with Crippen LogP contribution in [0.3, 0.4) is 0 Å². The van der Waals surface area contributed by atoms with E-state index in [9.17, 15) is 13.2 Å². The smallest absolute Gasteiger partial charge is 0.321 e. The van der Waals surface area contributed by atoms with Crippen molar-refractivity contribution in [2.75, 3.05) is 29.9 Å². The molecule has 0 aromatic heterocycles. The number of sulfonamides is 1. The number of hydrogen-bond donors (Lipinski definition) is 2. The highest BCUT2D eigenvalue weighted by Crippen LogP contribution is 2.29. The van der Waals surface area contributed by atoms with Gasteiger partial charge in [0.25, 0.3) is 0 Å². The SMILES string of the molecule is Cc1cc(N2CC(C)OC(C)C2C)ccc1NC(=O)N1CCC(NS(=O)(=O)C(C)C)CC1. The number of carbonyl (C=O) groups is 1. The van der Waals surface area contributed by atoms with Crippen molar-refractivity contribution in [3.8, 4) is 0 Å².